The molecule has 0 spiro atoms. The summed E-state index contributed by atoms with van der Waals surface area (Å²) >= 11 is 1.50. The van der Waals surface area contributed by atoms with Gasteiger partial charge in [0.25, 0.3) is 0 Å². The lowest BCUT2D eigenvalue weighted by Crippen LogP contribution is -2.22. The third-order valence-corrected chi connectivity index (χ3v) is 3.78. The Morgan fingerprint density at radius 1 is 1.39 bits per heavy atom. The Bertz CT molecular complexity index is 549. The van der Waals surface area contributed by atoms with Gasteiger partial charge in [0.2, 0.25) is 0 Å². The van der Waals surface area contributed by atoms with E-state index in [-0.39, 0.29) is 6.42 Å². The fourth-order valence-electron chi connectivity index (χ4n) is 1.82. The number of benzene rings is 1. The Morgan fingerprint density at radius 3 is 2.89 bits per heavy atom. The zero-order valence-corrected chi connectivity index (χ0v) is 10.7. The molecule has 5 heteroatoms. The number of aliphatic hydroxyl groups is 2. The Hall–Kier alpha value is -1.43. The van der Waals surface area contributed by atoms with Crippen LogP contribution in [0.3, 0.4) is 0 Å². The smallest absolute Gasteiger partial charge is 0.308 e. The van der Waals surface area contributed by atoms with E-state index in [4.69, 9.17) is 0 Å². The zero-order chi connectivity index (χ0) is 13.1. The predicted octanol–water partition coefficient (Wildman–Crippen LogP) is 1.86. The summed E-state index contributed by atoms with van der Waals surface area (Å²) in [6.45, 7) is 0. The third kappa shape index (κ3) is 2.53. The molecule has 0 aliphatic heterocycles. The van der Waals surface area contributed by atoms with Crippen LogP contribution in [-0.4, -0.2) is 29.4 Å². The van der Waals surface area contributed by atoms with Crippen molar-refractivity contribution < 1.29 is 19.7 Å². The molecule has 0 radical (unpaired) electrons. The first-order valence-corrected chi connectivity index (χ1v) is 6.40. The molecule has 18 heavy (non-hydrogen) atoms. The first-order chi connectivity index (χ1) is 8.63. The molecule has 2 aromatic rings. The lowest BCUT2D eigenvalue weighted by atomic mass is 10.0. The molecule has 96 valence electrons. The lowest BCUT2D eigenvalue weighted by molar-refractivity contribution is -0.144. The normalized spacial score (nSPS) is 14.4. The molecule has 0 amide bonds. The molecule has 1 heterocycles. The lowest BCUT2D eigenvalue weighted by Gasteiger charge is -2.17. The van der Waals surface area contributed by atoms with E-state index < -0.39 is 18.2 Å². The highest BCUT2D eigenvalue weighted by atomic mass is 32.1. The molecule has 2 N–H and O–H groups in total. The monoisotopic (exact) mass is 266 g/mol. The van der Waals surface area contributed by atoms with Crippen LogP contribution in [0.2, 0.25) is 0 Å². The summed E-state index contributed by atoms with van der Waals surface area (Å²) < 4.78 is 5.40. The number of thiophene rings is 1. The average Bonchev–Trinajstić information content (AvgIpc) is 2.85. The van der Waals surface area contributed by atoms with Crippen LogP contribution in [0, 0.1) is 0 Å². The molecule has 4 nitrogen and oxygen atoms in total. The number of aliphatic hydroxyl groups excluding tert-OH is 2. The largest absolute Gasteiger partial charge is 0.469 e. The standard InChI is InChI=1S/C13H14O4S/c1-17-11(15)7-10(14)12(16)9-4-2-3-8-5-6-18-13(8)9/h2-6,10,12,14,16H,7H2,1H3. The van der Waals surface area contributed by atoms with Crippen LogP contribution in [-0.2, 0) is 9.53 Å². The molecule has 2 rings (SSSR count). The van der Waals surface area contributed by atoms with Crippen LogP contribution in [0.1, 0.15) is 18.1 Å². The van der Waals surface area contributed by atoms with E-state index in [9.17, 15) is 15.0 Å². The van der Waals surface area contributed by atoms with Crippen molar-refractivity contribution in [2.45, 2.75) is 18.6 Å². The predicted molar refractivity (Wildman–Crippen MR) is 69.4 cm³/mol. The maximum absolute atomic E-state index is 11.1. The minimum Gasteiger partial charge on any atom is -0.469 e. The Balaban J connectivity index is 2.25. The van der Waals surface area contributed by atoms with Crippen LogP contribution in [0.15, 0.2) is 29.6 Å². The molecule has 0 fully saturated rings. The second kappa shape index (κ2) is 5.48. The van der Waals surface area contributed by atoms with Gasteiger partial charge in [0.1, 0.15) is 6.10 Å². The summed E-state index contributed by atoms with van der Waals surface area (Å²) in [5.41, 5.74) is 0.638. The maximum atomic E-state index is 11.1. The highest BCUT2D eigenvalue weighted by Gasteiger charge is 2.23. The summed E-state index contributed by atoms with van der Waals surface area (Å²) in [6.07, 6.45) is -2.48. The van der Waals surface area contributed by atoms with Crippen LogP contribution >= 0.6 is 11.3 Å². The number of hydrogen-bond acceptors (Lipinski definition) is 5. The molecule has 0 saturated carbocycles. The van der Waals surface area contributed by atoms with Crippen LogP contribution in [0.25, 0.3) is 10.1 Å². The van der Waals surface area contributed by atoms with E-state index in [2.05, 4.69) is 4.74 Å². The van der Waals surface area contributed by atoms with Crippen molar-refractivity contribution in [3.05, 3.63) is 35.2 Å². The SMILES string of the molecule is COC(=O)CC(O)C(O)c1cccc2ccsc12. The fraction of sp³-hybridized carbons (Fsp3) is 0.308. The molecule has 0 aliphatic rings. The summed E-state index contributed by atoms with van der Waals surface area (Å²) in [6, 6.07) is 7.46. The van der Waals surface area contributed by atoms with Crippen LogP contribution in [0.5, 0.6) is 0 Å². The minimum absolute atomic E-state index is 0.223. The minimum atomic E-state index is -1.16. The van der Waals surface area contributed by atoms with Crippen molar-refractivity contribution >= 4 is 27.4 Å². The van der Waals surface area contributed by atoms with Gasteiger partial charge in [-0.3, -0.25) is 4.79 Å². The second-order valence-electron chi connectivity index (χ2n) is 3.98. The second-order valence-corrected chi connectivity index (χ2v) is 4.89. The number of methoxy groups -OCH3 is 1. The number of carbonyl (C=O) groups excluding carboxylic acids is 1. The van der Waals surface area contributed by atoms with Gasteiger partial charge in [-0.1, -0.05) is 18.2 Å². The first kappa shape index (κ1) is 13.0. The van der Waals surface area contributed by atoms with E-state index in [1.807, 2.05) is 23.6 Å². The molecule has 0 aliphatic carbocycles. The fourth-order valence-corrected chi connectivity index (χ4v) is 2.77. The highest BCUT2D eigenvalue weighted by Crippen LogP contribution is 2.31. The van der Waals surface area contributed by atoms with Gasteiger partial charge in [-0.15, -0.1) is 11.3 Å². The van der Waals surface area contributed by atoms with Gasteiger partial charge in [-0.25, -0.2) is 0 Å². The summed E-state index contributed by atoms with van der Waals surface area (Å²) in [5, 5.41) is 22.9. The molecule has 0 saturated heterocycles. The molecule has 2 atom stereocenters. The molecular formula is C13H14O4S. The van der Waals surface area contributed by atoms with E-state index in [0.717, 1.165) is 10.1 Å². The third-order valence-electron chi connectivity index (χ3n) is 2.80. The van der Waals surface area contributed by atoms with Gasteiger partial charge in [-0.2, -0.15) is 0 Å². The molecule has 1 aromatic heterocycles. The Kier molecular flexibility index (Phi) is 3.96. The van der Waals surface area contributed by atoms with E-state index in [0.29, 0.717) is 5.56 Å². The van der Waals surface area contributed by atoms with Crippen molar-refractivity contribution in [1.29, 1.82) is 0 Å². The van der Waals surface area contributed by atoms with Crippen molar-refractivity contribution in [2.75, 3.05) is 7.11 Å². The van der Waals surface area contributed by atoms with E-state index in [1.54, 1.807) is 6.07 Å². The van der Waals surface area contributed by atoms with Gasteiger partial charge in [0, 0.05) is 10.3 Å². The van der Waals surface area contributed by atoms with Crippen LogP contribution in [0.4, 0.5) is 0 Å². The molecule has 0 bridgehead atoms. The first-order valence-electron chi connectivity index (χ1n) is 5.52. The zero-order valence-electron chi connectivity index (χ0n) is 9.87. The van der Waals surface area contributed by atoms with E-state index in [1.165, 1.54) is 18.4 Å². The number of hydrogen-bond donors (Lipinski definition) is 2. The van der Waals surface area contributed by atoms with Gasteiger partial charge in [0.15, 0.2) is 0 Å². The quantitative estimate of drug-likeness (QED) is 0.829. The van der Waals surface area contributed by atoms with E-state index >= 15 is 0 Å². The topological polar surface area (TPSA) is 66.8 Å². The maximum Gasteiger partial charge on any atom is 0.308 e. The molecular weight excluding hydrogens is 252 g/mol. The number of rotatable bonds is 4. The van der Waals surface area contributed by atoms with Gasteiger partial charge >= 0.3 is 5.97 Å². The Morgan fingerprint density at radius 2 is 2.17 bits per heavy atom. The number of esters is 1. The molecule has 2 unspecified atom stereocenters. The van der Waals surface area contributed by atoms with Gasteiger partial charge in [-0.05, 0) is 16.8 Å². The van der Waals surface area contributed by atoms with Crippen molar-refractivity contribution in [3.63, 3.8) is 0 Å². The van der Waals surface area contributed by atoms with Crippen molar-refractivity contribution in [1.82, 2.24) is 0 Å². The summed E-state index contributed by atoms with van der Waals surface area (Å²) in [5.74, 6) is -0.542. The number of ether oxygens (including phenoxy) is 1. The Labute approximate surface area is 108 Å². The summed E-state index contributed by atoms with van der Waals surface area (Å²) in [7, 11) is 1.25. The van der Waals surface area contributed by atoms with Crippen LogP contribution < -0.4 is 0 Å². The number of fused-ring (bicyclic) bond motifs is 1. The average molecular weight is 266 g/mol. The molecule has 1 aromatic carbocycles. The van der Waals surface area contributed by atoms with Gasteiger partial charge < -0.3 is 14.9 Å². The van der Waals surface area contributed by atoms with Crippen molar-refractivity contribution in [3.8, 4) is 0 Å². The van der Waals surface area contributed by atoms with Crippen molar-refractivity contribution in [2.24, 2.45) is 0 Å². The highest BCUT2D eigenvalue weighted by molar-refractivity contribution is 7.17. The van der Waals surface area contributed by atoms with Gasteiger partial charge in [0.05, 0.1) is 19.6 Å². The summed E-state index contributed by atoms with van der Waals surface area (Å²) in [4.78, 5) is 11.1. The number of carbonyl (C=O) groups is 1.